The molecule has 2 heterocycles. The van der Waals surface area contributed by atoms with Crippen molar-refractivity contribution in [1.82, 2.24) is 5.32 Å². The predicted molar refractivity (Wildman–Crippen MR) is 126 cm³/mol. The molecule has 9 heteroatoms. The number of nitrogens with one attached hydrogen (secondary N) is 1. The molecular formula is C21H22ClN3O3S2. The van der Waals surface area contributed by atoms with E-state index in [2.05, 4.69) is 10.3 Å². The van der Waals surface area contributed by atoms with E-state index in [1.54, 1.807) is 31.2 Å². The number of rotatable bonds is 7. The summed E-state index contributed by atoms with van der Waals surface area (Å²) in [4.78, 5) is 32.5. The number of amides is 2. The summed E-state index contributed by atoms with van der Waals surface area (Å²) < 4.78 is 5.21. The van der Waals surface area contributed by atoms with E-state index < -0.39 is 5.25 Å². The van der Waals surface area contributed by atoms with Gasteiger partial charge in [-0.2, -0.15) is 0 Å². The molecule has 6 nitrogen and oxygen atoms in total. The number of benzene rings is 1. The minimum absolute atomic E-state index is 0.0969. The van der Waals surface area contributed by atoms with Crippen LogP contribution in [0, 0.1) is 0 Å². The number of ether oxygens (including phenoxy) is 1. The third-order valence-electron chi connectivity index (χ3n) is 4.25. The highest BCUT2D eigenvalue weighted by Gasteiger charge is 2.34. The lowest BCUT2D eigenvalue weighted by atomic mass is 10.2. The molecule has 1 aromatic heterocycles. The number of anilines is 1. The molecule has 158 valence electrons. The highest BCUT2D eigenvalue weighted by molar-refractivity contribution is 8.15. The largest absolute Gasteiger partial charge is 0.495 e. The van der Waals surface area contributed by atoms with Crippen LogP contribution >= 0.6 is 34.7 Å². The Hall–Kier alpha value is -2.29. The van der Waals surface area contributed by atoms with Gasteiger partial charge in [-0.3, -0.25) is 14.5 Å². The molecule has 1 unspecified atom stereocenters. The predicted octanol–water partition coefficient (Wildman–Crippen LogP) is 4.80. The summed E-state index contributed by atoms with van der Waals surface area (Å²) in [5.41, 5.74) is 0.876. The number of halogens is 1. The van der Waals surface area contributed by atoms with Crippen LogP contribution in [0.2, 0.25) is 5.02 Å². The molecule has 30 heavy (non-hydrogen) atoms. The molecule has 3 rings (SSSR count). The average molecular weight is 464 g/mol. The first kappa shape index (κ1) is 22.4. The van der Waals surface area contributed by atoms with E-state index in [1.165, 1.54) is 35.1 Å². The van der Waals surface area contributed by atoms with Crippen molar-refractivity contribution >= 4 is 63.4 Å². The minimum atomic E-state index is -0.416. The molecule has 2 amide bonds. The maximum atomic E-state index is 13.2. The SMILES string of the molecule is CCCNC(=O)C(C)SC1=N/C(=C\c2cccs2)C(=O)N1c1ccc(OC)c(Cl)c1. The molecule has 1 aliphatic rings. The fraction of sp³-hybridized carbons (Fsp3) is 0.286. The summed E-state index contributed by atoms with van der Waals surface area (Å²) in [6.07, 6.45) is 2.60. The number of methoxy groups -OCH3 is 1. The fourth-order valence-corrected chi connectivity index (χ4v) is 4.56. The molecule has 2 aromatic rings. The second-order valence-electron chi connectivity index (χ2n) is 6.45. The second-order valence-corrected chi connectivity index (χ2v) is 9.14. The lowest BCUT2D eigenvalue weighted by molar-refractivity contribution is -0.120. The van der Waals surface area contributed by atoms with E-state index in [4.69, 9.17) is 16.3 Å². The molecule has 0 fully saturated rings. The van der Waals surface area contributed by atoms with Crippen molar-refractivity contribution in [3.8, 4) is 5.75 Å². The van der Waals surface area contributed by atoms with E-state index in [0.29, 0.717) is 33.9 Å². The minimum Gasteiger partial charge on any atom is -0.495 e. The van der Waals surface area contributed by atoms with Crippen LogP contribution in [-0.4, -0.2) is 35.9 Å². The van der Waals surface area contributed by atoms with Crippen molar-refractivity contribution in [2.45, 2.75) is 25.5 Å². The number of nitrogens with zero attached hydrogens (tertiary/aromatic N) is 2. The number of carbonyl (C=O) groups is 2. The van der Waals surface area contributed by atoms with Crippen LogP contribution in [0.25, 0.3) is 6.08 Å². The first-order chi connectivity index (χ1) is 14.4. The van der Waals surface area contributed by atoms with Gasteiger partial charge < -0.3 is 10.1 Å². The standard InChI is InChI=1S/C21H22ClN3O3S2/c1-4-9-23-19(26)13(2)30-21-24-17(12-15-6-5-10-29-15)20(27)25(21)14-7-8-18(28-3)16(22)11-14/h5-8,10-13H,4,9H2,1-3H3,(H,23,26)/b17-12-. The van der Waals surface area contributed by atoms with Gasteiger partial charge in [0.05, 0.1) is 23.1 Å². The molecule has 1 aromatic carbocycles. The summed E-state index contributed by atoms with van der Waals surface area (Å²) in [6.45, 7) is 4.40. The Balaban J connectivity index is 1.94. The van der Waals surface area contributed by atoms with Crippen molar-refractivity contribution in [2.75, 3.05) is 18.6 Å². The molecule has 0 aliphatic carbocycles. The van der Waals surface area contributed by atoms with E-state index in [9.17, 15) is 9.59 Å². The zero-order chi connectivity index (χ0) is 21.7. The van der Waals surface area contributed by atoms with E-state index in [1.807, 2.05) is 24.4 Å². The van der Waals surface area contributed by atoms with Crippen molar-refractivity contribution < 1.29 is 14.3 Å². The molecule has 0 saturated carbocycles. The van der Waals surface area contributed by atoms with Crippen molar-refractivity contribution in [1.29, 1.82) is 0 Å². The summed E-state index contributed by atoms with van der Waals surface area (Å²) >= 11 is 9.04. The Morgan fingerprint density at radius 1 is 1.43 bits per heavy atom. The van der Waals surface area contributed by atoms with Crippen LogP contribution < -0.4 is 15.0 Å². The monoisotopic (exact) mass is 463 g/mol. The summed E-state index contributed by atoms with van der Waals surface area (Å²) in [5, 5.41) is 5.21. The van der Waals surface area contributed by atoms with Gasteiger partial charge in [-0.05, 0) is 49.1 Å². The Morgan fingerprint density at radius 3 is 2.87 bits per heavy atom. The van der Waals surface area contributed by atoms with Gasteiger partial charge in [0.2, 0.25) is 5.91 Å². The van der Waals surface area contributed by atoms with Gasteiger partial charge in [-0.15, -0.1) is 11.3 Å². The van der Waals surface area contributed by atoms with Crippen LogP contribution in [0.4, 0.5) is 5.69 Å². The third-order valence-corrected chi connectivity index (χ3v) is 6.41. The summed E-state index contributed by atoms with van der Waals surface area (Å²) in [6, 6.07) is 8.93. The first-order valence-electron chi connectivity index (χ1n) is 9.40. The van der Waals surface area contributed by atoms with Gasteiger partial charge in [-0.1, -0.05) is 36.4 Å². The van der Waals surface area contributed by atoms with Gasteiger partial charge in [-0.25, -0.2) is 4.99 Å². The highest BCUT2D eigenvalue weighted by Crippen LogP contribution is 2.35. The lowest BCUT2D eigenvalue weighted by Crippen LogP contribution is -2.36. The number of thioether (sulfide) groups is 1. The van der Waals surface area contributed by atoms with Gasteiger partial charge in [0, 0.05) is 11.4 Å². The van der Waals surface area contributed by atoms with Crippen LogP contribution in [0.1, 0.15) is 25.1 Å². The Kier molecular flexibility index (Phi) is 7.58. The maximum Gasteiger partial charge on any atom is 0.283 e. The van der Waals surface area contributed by atoms with Gasteiger partial charge in [0.1, 0.15) is 11.4 Å². The Labute approximate surface area is 189 Å². The van der Waals surface area contributed by atoms with Crippen molar-refractivity contribution in [2.24, 2.45) is 4.99 Å². The van der Waals surface area contributed by atoms with Crippen molar-refractivity contribution in [3.05, 3.63) is 51.3 Å². The molecule has 0 spiro atoms. The number of aliphatic imine (C=N–C) groups is 1. The average Bonchev–Trinajstić information content (AvgIpc) is 3.34. The number of carbonyl (C=O) groups excluding carboxylic acids is 2. The Morgan fingerprint density at radius 2 is 2.23 bits per heavy atom. The van der Waals surface area contributed by atoms with E-state index in [-0.39, 0.29) is 11.8 Å². The van der Waals surface area contributed by atoms with Crippen LogP contribution in [0.15, 0.2) is 46.4 Å². The van der Waals surface area contributed by atoms with E-state index in [0.717, 1.165) is 11.3 Å². The van der Waals surface area contributed by atoms with Crippen LogP contribution in [0.5, 0.6) is 5.75 Å². The molecule has 1 N–H and O–H groups in total. The second kappa shape index (κ2) is 10.1. The maximum absolute atomic E-state index is 13.2. The van der Waals surface area contributed by atoms with Crippen LogP contribution in [-0.2, 0) is 9.59 Å². The molecule has 0 saturated heterocycles. The van der Waals surface area contributed by atoms with Gasteiger partial charge >= 0.3 is 0 Å². The number of thiophene rings is 1. The van der Waals surface area contributed by atoms with Crippen molar-refractivity contribution in [3.63, 3.8) is 0 Å². The van der Waals surface area contributed by atoms with E-state index >= 15 is 0 Å². The quantitative estimate of drug-likeness (QED) is 0.598. The normalized spacial score (nSPS) is 16.0. The topological polar surface area (TPSA) is 71.0 Å². The zero-order valence-corrected chi connectivity index (χ0v) is 19.2. The van der Waals surface area contributed by atoms with Gasteiger partial charge in [0.25, 0.3) is 5.91 Å². The third kappa shape index (κ3) is 5.06. The molecule has 1 aliphatic heterocycles. The first-order valence-corrected chi connectivity index (χ1v) is 11.5. The number of hydrogen-bond acceptors (Lipinski definition) is 6. The molecule has 0 radical (unpaired) electrons. The highest BCUT2D eigenvalue weighted by atomic mass is 35.5. The number of amidine groups is 1. The molecule has 1 atom stereocenters. The summed E-state index contributed by atoms with van der Waals surface area (Å²) in [7, 11) is 1.53. The lowest BCUT2D eigenvalue weighted by Gasteiger charge is -2.20. The Bertz CT molecular complexity index is 989. The zero-order valence-electron chi connectivity index (χ0n) is 16.8. The summed E-state index contributed by atoms with van der Waals surface area (Å²) in [5.74, 6) is 0.147. The van der Waals surface area contributed by atoms with Gasteiger partial charge in [0.15, 0.2) is 5.17 Å². The number of hydrogen-bond donors (Lipinski definition) is 1. The molecule has 0 bridgehead atoms. The van der Waals surface area contributed by atoms with Crippen LogP contribution in [0.3, 0.4) is 0 Å². The fourth-order valence-electron chi connectivity index (χ4n) is 2.71. The smallest absolute Gasteiger partial charge is 0.283 e. The molecular weight excluding hydrogens is 442 g/mol.